The number of nitrogens with two attached hydrogens (primary N) is 1. The van der Waals surface area contributed by atoms with Gasteiger partial charge in [-0.25, -0.2) is 13.4 Å². The molecule has 0 saturated carbocycles. The molecule has 3 aromatic rings. The van der Waals surface area contributed by atoms with Gasteiger partial charge in [0.05, 0.1) is 4.47 Å². The Balaban J connectivity index is 2.09. The summed E-state index contributed by atoms with van der Waals surface area (Å²) < 4.78 is 28.0. The summed E-state index contributed by atoms with van der Waals surface area (Å²) in [4.78, 5) is 7.04. The van der Waals surface area contributed by atoms with Gasteiger partial charge in [0.1, 0.15) is 4.90 Å². The molecule has 0 unspecified atom stereocenters. The Labute approximate surface area is 129 Å². The van der Waals surface area contributed by atoms with Crippen molar-refractivity contribution >= 4 is 48.4 Å². The fourth-order valence-corrected chi connectivity index (χ4v) is 3.66. The second kappa shape index (κ2) is 5.05. The Morgan fingerprint density at radius 1 is 1.29 bits per heavy atom. The number of halogens is 1. The first-order chi connectivity index (χ1) is 9.97. The summed E-state index contributed by atoms with van der Waals surface area (Å²) >= 11 is 3.26. The number of anilines is 2. The van der Waals surface area contributed by atoms with E-state index in [2.05, 4.69) is 30.6 Å². The van der Waals surface area contributed by atoms with Crippen LogP contribution in [0.2, 0.25) is 0 Å². The lowest BCUT2D eigenvalue weighted by Crippen LogP contribution is -2.13. The molecule has 0 aliphatic carbocycles. The van der Waals surface area contributed by atoms with E-state index in [0.717, 1.165) is 0 Å². The highest BCUT2D eigenvalue weighted by Gasteiger charge is 2.20. The molecule has 108 valence electrons. The smallest absolute Gasteiger partial charge is 0.265 e. The van der Waals surface area contributed by atoms with Crippen LogP contribution in [0, 0.1) is 0 Å². The average Bonchev–Trinajstić information content (AvgIpc) is 2.85. The summed E-state index contributed by atoms with van der Waals surface area (Å²) in [6.07, 6.45) is 2.94. The second-order valence-corrected chi connectivity index (χ2v) is 6.90. The fraction of sp³-hybridized carbons (Fsp3) is 0. The zero-order chi connectivity index (χ0) is 15.0. The molecule has 0 amide bonds. The van der Waals surface area contributed by atoms with Gasteiger partial charge >= 0.3 is 0 Å². The molecule has 0 bridgehead atoms. The minimum absolute atomic E-state index is 0.127. The van der Waals surface area contributed by atoms with Crippen molar-refractivity contribution in [1.29, 1.82) is 0 Å². The van der Waals surface area contributed by atoms with Crippen molar-refractivity contribution < 1.29 is 8.42 Å². The summed E-state index contributed by atoms with van der Waals surface area (Å²) in [5.41, 5.74) is 6.92. The topological polar surface area (TPSA) is 101 Å². The third-order valence-electron chi connectivity index (χ3n) is 2.95. The van der Waals surface area contributed by atoms with Crippen LogP contribution >= 0.6 is 15.9 Å². The van der Waals surface area contributed by atoms with E-state index in [4.69, 9.17) is 5.73 Å². The summed E-state index contributed by atoms with van der Waals surface area (Å²) in [5.74, 6) is 0.232. The number of hydrogen-bond donors (Lipinski definition) is 3. The standard InChI is InChI=1S/C13H11BrN4O2S/c14-10-2-1-5-16-13(10)18-21(19,20)12-7-17-11-4-3-8(15)6-9(11)12/h1-7,17H,15H2,(H,16,18). The third kappa shape index (κ3) is 2.59. The molecule has 3 rings (SSSR count). The molecule has 1 aromatic carbocycles. The maximum Gasteiger partial charge on any atom is 0.265 e. The van der Waals surface area contributed by atoms with Crippen LogP contribution in [-0.4, -0.2) is 18.4 Å². The molecule has 2 aromatic heterocycles. The molecule has 0 atom stereocenters. The van der Waals surface area contributed by atoms with Gasteiger partial charge in [0.2, 0.25) is 0 Å². The molecule has 4 N–H and O–H groups in total. The number of rotatable bonds is 3. The Morgan fingerprint density at radius 2 is 2.10 bits per heavy atom. The van der Waals surface area contributed by atoms with E-state index in [0.29, 0.717) is 21.1 Å². The van der Waals surface area contributed by atoms with Crippen LogP contribution in [0.1, 0.15) is 0 Å². The molecular formula is C13H11BrN4O2S. The summed E-state index contributed by atoms with van der Waals surface area (Å²) in [7, 11) is -3.77. The Bertz CT molecular complexity index is 921. The molecule has 0 saturated heterocycles. The van der Waals surface area contributed by atoms with Crippen molar-refractivity contribution in [3.63, 3.8) is 0 Å². The Morgan fingerprint density at radius 3 is 2.86 bits per heavy atom. The van der Waals surface area contributed by atoms with Crippen molar-refractivity contribution in [2.24, 2.45) is 0 Å². The minimum atomic E-state index is -3.77. The van der Waals surface area contributed by atoms with Crippen LogP contribution in [0.15, 0.2) is 52.1 Å². The summed E-state index contributed by atoms with van der Waals surface area (Å²) in [6, 6.07) is 8.47. The molecule has 0 fully saturated rings. The molecule has 0 radical (unpaired) electrons. The monoisotopic (exact) mass is 366 g/mol. The molecular weight excluding hydrogens is 356 g/mol. The lowest BCUT2D eigenvalue weighted by Gasteiger charge is -2.07. The molecule has 6 nitrogen and oxygen atoms in total. The number of aromatic nitrogens is 2. The fourth-order valence-electron chi connectivity index (χ4n) is 1.98. The van der Waals surface area contributed by atoms with E-state index in [-0.39, 0.29) is 10.7 Å². The van der Waals surface area contributed by atoms with Crippen molar-refractivity contribution in [1.82, 2.24) is 9.97 Å². The number of nitrogens with zero attached hydrogens (tertiary/aromatic N) is 1. The predicted molar refractivity (Wildman–Crippen MR) is 85.5 cm³/mol. The van der Waals surface area contributed by atoms with Gasteiger partial charge in [-0.3, -0.25) is 4.72 Å². The lowest BCUT2D eigenvalue weighted by molar-refractivity contribution is 0.602. The number of sulfonamides is 1. The molecule has 0 aliphatic rings. The van der Waals surface area contributed by atoms with Crippen LogP contribution in [-0.2, 0) is 10.0 Å². The zero-order valence-corrected chi connectivity index (χ0v) is 13.1. The van der Waals surface area contributed by atoms with Gasteiger partial charge in [0.15, 0.2) is 5.82 Å². The van der Waals surface area contributed by atoms with Crippen molar-refractivity contribution in [2.75, 3.05) is 10.5 Å². The maximum atomic E-state index is 12.5. The van der Waals surface area contributed by atoms with Crippen LogP contribution in [0.4, 0.5) is 11.5 Å². The number of pyridine rings is 1. The van der Waals surface area contributed by atoms with Gasteiger partial charge in [0.25, 0.3) is 10.0 Å². The number of nitrogens with one attached hydrogen (secondary N) is 2. The minimum Gasteiger partial charge on any atom is -0.399 e. The van der Waals surface area contributed by atoms with Crippen molar-refractivity contribution in [3.8, 4) is 0 Å². The maximum absolute atomic E-state index is 12.5. The van der Waals surface area contributed by atoms with E-state index >= 15 is 0 Å². The number of nitrogen functional groups attached to an aromatic ring is 1. The highest BCUT2D eigenvalue weighted by atomic mass is 79.9. The largest absolute Gasteiger partial charge is 0.399 e. The van der Waals surface area contributed by atoms with Gasteiger partial charge in [-0.2, -0.15) is 0 Å². The molecule has 2 heterocycles. The number of fused-ring (bicyclic) bond motifs is 1. The normalized spacial score (nSPS) is 11.7. The van der Waals surface area contributed by atoms with Crippen LogP contribution in [0.3, 0.4) is 0 Å². The average molecular weight is 367 g/mol. The van der Waals surface area contributed by atoms with Crippen LogP contribution < -0.4 is 10.5 Å². The lowest BCUT2D eigenvalue weighted by atomic mass is 10.2. The quantitative estimate of drug-likeness (QED) is 0.620. The molecule has 0 aliphatic heterocycles. The first-order valence-electron chi connectivity index (χ1n) is 5.97. The van der Waals surface area contributed by atoms with E-state index in [1.165, 1.54) is 12.4 Å². The van der Waals surface area contributed by atoms with Gasteiger partial charge in [0, 0.05) is 29.0 Å². The molecule has 21 heavy (non-hydrogen) atoms. The van der Waals surface area contributed by atoms with Crippen LogP contribution in [0.25, 0.3) is 10.9 Å². The van der Waals surface area contributed by atoms with Gasteiger partial charge in [-0.05, 0) is 46.3 Å². The highest BCUT2D eigenvalue weighted by Crippen LogP contribution is 2.27. The van der Waals surface area contributed by atoms with E-state index < -0.39 is 10.0 Å². The van der Waals surface area contributed by atoms with Crippen molar-refractivity contribution in [2.45, 2.75) is 4.90 Å². The summed E-state index contributed by atoms with van der Waals surface area (Å²) in [5, 5.41) is 0.537. The Kier molecular flexibility index (Phi) is 3.34. The van der Waals surface area contributed by atoms with Crippen molar-refractivity contribution in [3.05, 3.63) is 47.2 Å². The van der Waals surface area contributed by atoms with Gasteiger partial charge in [-0.1, -0.05) is 0 Å². The third-order valence-corrected chi connectivity index (χ3v) is 4.97. The zero-order valence-electron chi connectivity index (χ0n) is 10.7. The number of benzene rings is 1. The number of hydrogen-bond acceptors (Lipinski definition) is 4. The number of aromatic amines is 1. The van der Waals surface area contributed by atoms with Gasteiger partial charge in [-0.15, -0.1) is 0 Å². The first kappa shape index (κ1) is 13.9. The van der Waals surface area contributed by atoms with Gasteiger partial charge < -0.3 is 10.7 Å². The van der Waals surface area contributed by atoms with E-state index in [1.54, 1.807) is 30.3 Å². The molecule has 0 spiro atoms. The SMILES string of the molecule is Nc1ccc2[nH]cc(S(=O)(=O)Nc3ncccc3Br)c2c1. The Hall–Kier alpha value is -2.06. The highest BCUT2D eigenvalue weighted by molar-refractivity contribution is 9.10. The molecule has 8 heteroatoms. The second-order valence-electron chi connectivity index (χ2n) is 4.40. The summed E-state index contributed by atoms with van der Waals surface area (Å²) in [6.45, 7) is 0. The predicted octanol–water partition coefficient (Wildman–Crippen LogP) is 2.71. The van der Waals surface area contributed by atoms with Crippen LogP contribution in [0.5, 0.6) is 0 Å². The first-order valence-corrected chi connectivity index (χ1v) is 8.25. The van der Waals surface area contributed by atoms with E-state index in [9.17, 15) is 8.42 Å². The number of H-pyrrole nitrogens is 1. The van der Waals surface area contributed by atoms with E-state index in [1.807, 2.05) is 0 Å².